The summed E-state index contributed by atoms with van der Waals surface area (Å²) in [6.07, 6.45) is 3.05. The minimum Gasteiger partial charge on any atom is -0.483 e. The first-order chi connectivity index (χ1) is 19.5. The molecule has 0 saturated carbocycles. The molecule has 0 spiro atoms. The first kappa shape index (κ1) is 27.3. The minimum atomic E-state index is -0.250. The maximum Gasteiger partial charge on any atom is 0.327 e. The molecule has 1 amide bonds. The van der Waals surface area contributed by atoms with Crippen LogP contribution in [0.1, 0.15) is 24.8 Å². The second kappa shape index (κ2) is 12.3. The van der Waals surface area contributed by atoms with Gasteiger partial charge in [-0.1, -0.05) is 11.6 Å². The standard InChI is InChI=1S/C25H27ClN8O3.CH2O2/c26-17-12-16(13-19(14-17)32-10-6-27-7-11-32)24-31-30-21(37-24)15-22(35)33-8-3-18(4-9-33)34-20-2-1-5-28-23(20)29-25(34)36;2-1-3/h1-2,5,12-14,18,27H,3-4,6-11,15H2,(H,28,29,36);1H,(H,2,3). The fraction of sp³-hybridized carbons (Fsp3) is 0.385. The summed E-state index contributed by atoms with van der Waals surface area (Å²) < 4.78 is 7.61. The van der Waals surface area contributed by atoms with Crippen LogP contribution >= 0.6 is 11.6 Å². The largest absolute Gasteiger partial charge is 0.483 e. The zero-order chi connectivity index (χ0) is 28.1. The van der Waals surface area contributed by atoms with Gasteiger partial charge >= 0.3 is 5.69 Å². The Kier molecular flexibility index (Phi) is 8.41. The maximum absolute atomic E-state index is 13.0. The average Bonchev–Trinajstić information content (AvgIpc) is 3.57. The number of H-pyrrole nitrogens is 1. The highest BCUT2D eigenvalue weighted by molar-refractivity contribution is 6.31. The molecule has 3 aromatic heterocycles. The molecular formula is C26H29ClN8O5. The Morgan fingerprint density at radius 3 is 2.65 bits per heavy atom. The number of piperidine rings is 1. The van der Waals surface area contributed by atoms with Gasteiger partial charge in [0.05, 0.1) is 5.52 Å². The number of nitrogens with zero attached hydrogens (tertiary/aromatic N) is 6. The summed E-state index contributed by atoms with van der Waals surface area (Å²) in [5, 5.41) is 19.1. The third-order valence-corrected chi connectivity index (χ3v) is 7.27. The number of carboxylic acid groups (broad SMARTS) is 1. The van der Waals surface area contributed by atoms with Gasteiger partial charge in [-0.25, -0.2) is 9.78 Å². The van der Waals surface area contributed by atoms with Gasteiger partial charge in [0.2, 0.25) is 17.7 Å². The molecule has 0 atom stereocenters. The van der Waals surface area contributed by atoms with Crippen LogP contribution in [-0.4, -0.2) is 86.4 Å². The molecule has 3 N–H and O–H groups in total. The summed E-state index contributed by atoms with van der Waals surface area (Å²) in [5.41, 5.74) is 2.94. The molecule has 210 valence electrons. The van der Waals surface area contributed by atoms with Crippen molar-refractivity contribution in [3.05, 3.63) is 57.9 Å². The van der Waals surface area contributed by atoms with Gasteiger partial charge in [-0.3, -0.25) is 19.1 Å². The molecule has 1 aromatic carbocycles. The zero-order valence-electron chi connectivity index (χ0n) is 21.6. The van der Waals surface area contributed by atoms with Crippen LogP contribution in [-0.2, 0) is 16.0 Å². The van der Waals surface area contributed by atoms with Gasteiger partial charge in [-0.05, 0) is 43.2 Å². The Labute approximate surface area is 233 Å². The molecule has 2 aliphatic rings. The Balaban J connectivity index is 0.00000103. The number of aromatic nitrogens is 5. The molecular weight excluding hydrogens is 540 g/mol. The number of hydrogen-bond acceptors (Lipinski definition) is 9. The quantitative estimate of drug-likeness (QED) is 0.303. The van der Waals surface area contributed by atoms with Crippen molar-refractivity contribution in [2.24, 2.45) is 0 Å². The summed E-state index contributed by atoms with van der Waals surface area (Å²) in [6, 6.07) is 9.43. The number of carbonyl (C=O) groups excluding carboxylic acids is 1. The zero-order valence-corrected chi connectivity index (χ0v) is 22.4. The number of piperazine rings is 1. The number of benzene rings is 1. The van der Waals surface area contributed by atoms with Gasteiger partial charge < -0.3 is 24.6 Å². The SMILES string of the molecule is O=C(Cc1nnc(-c2cc(Cl)cc(N3CCNCC3)c2)o1)N1CCC(n2c(=O)[nH]c3ncccc32)CC1.O=CO. The first-order valence-corrected chi connectivity index (χ1v) is 13.3. The number of hydrogen-bond donors (Lipinski definition) is 3. The monoisotopic (exact) mass is 568 g/mol. The van der Waals surface area contributed by atoms with Gasteiger partial charge in [0.25, 0.3) is 6.47 Å². The Bertz CT molecular complexity index is 1540. The molecule has 5 heterocycles. The number of nitrogens with one attached hydrogen (secondary N) is 2. The Morgan fingerprint density at radius 1 is 1.15 bits per heavy atom. The number of aromatic amines is 1. The van der Waals surface area contributed by atoms with Crippen LogP contribution in [0.25, 0.3) is 22.6 Å². The molecule has 40 heavy (non-hydrogen) atoms. The summed E-state index contributed by atoms with van der Waals surface area (Å²) in [5.74, 6) is 0.534. The topological polar surface area (TPSA) is 162 Å². The van der Waals surface area contributed by atoms with Crippen molar-refractivity contribution in [1.29, 1.82) is 0 Å². The highest BCUT2D eigenvalue weighted by Crippen LogP contribution is 2.29. The third-order valence-electron chi connectivity index (χ3n) is 7.05. The number of pyridine rings is 1. The molecule has 6 rings (SSSR count). The molecule has 0 bridgehead atoms. The lowest BCUT2D eigenvalue weighted by Crippen LogP contribution is -2.43. The summed E-state index contributed by atoms with van der Waals surface area (Å²) in [6.45, 7) is 4.47. The lowest BCUT2D eigenvalue weighted by Gasteiger charge is -2.32. The first-order valence-electron chi connectivity index (χ1n) is 13.0. The van der Waals surface area contributed by atoms with E-state index >= 15 is 0 Å². The van der Waals surface area contributed by atoms with Gasteiger partial charge in [0, 0.05) is 67.8 Å². The van der Waals surface area contributed by atoms with Crippen molar-refractivity contribution in [2.45, 2.75) is 25.3 Å². The minimum absolute atomic E-state index is 0.0113. The smallest absolute Gasteiger partial charge is 0.327 e. The van der Waals surface area contributed by atoms with Crippen molar-refractivity contribution in [3.63, 3.8) is 0 Å². The predicted octanol–water partition coefficient (Wildman–Crippen LogP) is 1.94. The van der Waals surface area contributed by atoms with E-state index in [2.05, 4.69) is 30.4 Å². The maximum atomic E-state index is 13.0. The van der Waals surface area contributed by atoms with E-state index in [0.717, 1.165) is 42.9 Å². The fourth-order valence-corrected chi connectivity index (χ4v) is 5.41. The third kappa shape index (κ3) is 6.00. The molecule has 0 radical (unpaired) electrons. The van der Waals surface area contributed by atoms with Crippen molar-refractivity contribution < 1.29 is 19.1 Å². The van der Waals surface area contributed by atoms with Crippen LogP contribution < -0.4 is 15.9 Å². The second-order valence-electron chi connectivity index (χ2n) is 9.50. The fourth-order valence-electron chi connectivity index (χ4n) is 5.18. The summed E-state index contributed by atoms with van der Waals surface area (Å²) in [4.78, 5) is 44.9. The Hall–Kier alpha value is -4.23. The van der Waals surface area contributed by atoms with Crippen LogP contribution in [0, 0.1) is 0 Å². The second-order valence-corrected chi connectivity index (χ2v) is 9.94. The predicted molar refractivity (Wildman–Crippen MR) is 147 cm³/mol. The van der Waals surface area contributed by atoms with E-state index in [0.29, 0.717) is 42.5 Å². The van der Waals surface area contributed by atoms with Gasteiger partial charge in [-0.2, -0.15) is 0 Å². The summed E-state index contributed by atoms with van der Waals surface area (Å²) in [7, 11) is 0. The molecule has 13 nitrogen and oxygen atoms in total. The normalized spacial score (nSPS) is 16.0. The number of fused-ring (bicyclic) bond motifs is 1. The number of halogens is 1. The van der Waals surface area contributed by atoms with E-state index < -0.39 is 0 Å². The molecule has 4 aromatic rings. The van der Waals surface area contributed by atoms with Gasteiger partial charge in [-0.15, -0.1) is 10.2 Å². The number of carbonyl (C=O) groups is 2. The van der Waals surface area contributed by atoms with Crippen molar-refractivity contribution in [2.75, 3.05) is 44.2 Å². The van der Waals surface area contributed by atoms with Gasteiger partial charge in [0.1, 0.15) is 6.42 Å². The van der Waals surface area contributed by atoms with Gasteiger partial charge in [0.15, 0.2) is 5.65 Å². The average molecular weight is 569 g/mol. The number of likely N-dealkylation sites (tertiary alicyclic amines) is 1. The molecule has 2 fully saturated rings. The van der Waals surface area contributed by atoms with Crippen LogP contribution in [0.2, 0.25) is 5.02 Å². The van der Waals surface area contributed by atoms with E-state index in [1.54, 1.807) is 21.7 Å². The highest BCUT2D eigenvalue weighted by atomic mass is 35.5. The van der Waals surface area contributed by atoms with E-state index in [-0.39, 0.29) is 36.4 Å². The van der Waals surface area contributed by atoms with Crippen molar-refractivity contribution in [1.82, 2.24) is 34.9 Å². The number of imidazole rings is 1. The van der Waals surface area contributed by atoms with E-state index in [1.807, 2.05) is 24.3 Å². The number of amides is 1. The number of rotatable bonds is 5. The van der Waals surface area contributed by atoms with Crippen molar-refractivity contribution in [3.8, 4) is 11.5 Å². The molecule has 2 saturated heterocycles. The van der Waals surface area contributed by atoms with Crippen LogP contribution in [0.3, 0.4) is 0 Å². The molecule has 2 aliphatic heterocycles. The Morgan fingerprint density at radius 2 is 1.90 bits per heavy atom. The molecule has 0 unspecified atom stereocenters. The van der Waals surface area contributed by atoms with Crippen LogP contribution in [0.4, 0.5) is 5.69 Å². The lowest BCUT2D eigenvalue weighted by atomic mass is 10.0. The number of anilines is 1. The van der Waals surface area contributed by atoms with E-state index in [9.17, 15) is 9.59 Å². The van der Waals surface area contributed by atoms with E-state index in [4.69, 9.17) is 25.9 Å². The van der Waals surface area contributed by atoms with Crippen LogP contribution in [0.5, 0.6) is 0 Å². The molecule has 0 aliphatic carbocycles. The molecule has 14 heteroatoms. The van der Waals surface area contributed by atoms with E-state index in [1.165, 1.54) is 0 Å². The van der Waals surface area contributed by atoms with Crippen molar-refractivity contribution >= 4 is 40.8 Å². The summed E-state index contributed by atoms with van der Waals surface area (Å²) >= 11 is 6.38. The highest BCUT2D eigenvalue weighted by Gasteiger charge is 2.27. The lowest BCUT2D eigenvalue weighted by molar-refractivity contribution is -0.132. The van der Waals surface area contributed by atoms with Crippen LogP contribution in [0.15, 0.2) is 45.7 Å².